The van der Waals surface area contributed by atoms with Gasteiger partial charge < -0.3 is 15.1 Å². The van der Waals surface area contributed by atoms with Crippen molar-refractivity contribution >= 4 is 45.9 Å². The molecule has 0 saturated carbocycles. The van der Waals surface area contributed by atoms with Crippen molar-refractivity contribution in [3.63, 3.8) is 0 Å². The Bertz CT molecular complexity index is 1780. The van der Waals surface area contributed by atoms with Gasteiger partial charge in [0, 0.05) is 49.3 Å². The summed E-state index contributed by atoms with van der Waals surface area (Å²) in [5, 5.41) is 16.7. The predicted molar refractivity (Wildman–Crippen MR) is 166 cm³/mol. The second-order valence-corrected chi connectivity index (χ2v) is 11.8. The largest absolute Gasteiger partial charge is 0.355 e. The number of hydrogen-bond donors (Lipinski definition) is 2. The van der Waals surface area contributed by atoms with Crippen molar-refractivity contribution < 1.29 is 19.2 Å². The number of nitrogens with one attached hydrogen (secondary N) is 2. The average molecular weight is 589 g/mol. The number of aromatic nitrogens is 2. The number of imide groups is 1. The summed E-state index contributed by atoms with van der Waals surface area (Å²) in [6, 6.07) is 23.1. The van der Waals surface area contributed by atoms with Crippen LogP contribution in [-0.2, 0) is 20.9 Å². The molecule has 44 heavy (non-hydrogen) atoms. The lowest BCUT2D eigenvalue weighted by Crippen LogP contribution is -2.52. The number of rotatable bonds is 6. The molecule has 2 fully saturated rings. The molecule has 7 rings (SSSR count). The van der Waals surface area contributed by atoms with Gasteiger partial charge in [-0.2, -0.15) is 0 Å². The first-order valence-electron chi connectivity index (χ1n) is 15.1. The van der Waals surface area contributed by atoms with Gasteiger partial charge in [0.25, 0.3) is 5.91 Å². The summed E-state index contributed by atoms with van der Waals surface area (Å²) < 4.78 is 0. The molecule has 2 N–H and O–H groups in total. The number of fused-ring (bicyclic) bond motifs is 2. The topological polar surface area (TPSA) is 125 Å². The molecule has 10 nitrogen and oxygen atoms in total. The fraction of sp³-hybridized carbons (Fsp3) is 0.294. The molecule has 222 valence electrons. The molecule has 3 aliphatic heterocycles. The highest BCUT2D eigenvalue weighted by Gasteiger charge is 2.39. The standard InChI is InChI=1S/C34H32N6O4/c41-31-13-11-29(33(43)36-31)40-20-23-19-24(8-9-26(23)34(40)44)35-32(42)18-21-14-16-39(17-15-21)30-12-10-28(37-38-30)27-7-3-5-22-4-1-2-6-25(22)27/h1-10,12,19,21,29H,11,13-18,20H2,(H,35,42)(H,36,41,43). The summed E-state index contributed by atoms with van der Waals surface area (Å²) in [6.45, 7) is 1.88. The van der Waals surface area contributed by atoms with E-state index in [-0.39, 0.29) is 36.6 Å². The van der Waals surface area contributed by atoms with Crippen LogP contribution in [0.25, 0.3) is 22.0 Å². The number of piperidine rings is 2. The van der Waals surface area contributed by atoms with Crippen molar-refractivity contribution in [2.75, 3.05) is 23.3 Å². The van der Waals surface area contributed by atoms with Crippen LogP contribution in [0.3, 0.4) is 0 Å². The van der Waals surface area contributed by atoms with E-state index in [2.05, 4.69) is 50.0 Å². The third-order valence-electron chi connectivity index (χ3n) is 8.94. The fourth-order valence-electron chi connectivity index (χ4n) is 6.58. The number of amides is 4. The van der Waals surface area contributed by atoms with Gasteiger partial charge in [-0.15, -0.1) is 10.2 Å². The summed E-state index contributed by atoms with van der Waals surface area (Å²) in [6.07, 6.45) is 2.69. The van der Waals surface area contributed by atoms with E-state index in [0.717, 1.165) is 54.0 Å². The van der Waals surface area contributed by atoms with E-state index in [1.54, 1.807) is 18.2 Å². The van der Waals surface area contributed by atoms with Crippen molar-refractivity contribution in [1.82, 2.24) is 20.4 Å². The number of hydrogen-bond acceptors (Lipinski definition) is 7. The Morgan fingerprint density at radius 1 is 0.886 bits per heavy atom. The van der Waals surface area contributed by atoms with Gasteiger partial charge in [-0.25, -0.2) is 0 Å². The molecule has 0 aliphatic carbocycles. The van der Waals surface area contributed by atoms with Gasteiger partial charge in [-0.1, -0.05) is 42.5 Å². The molecular weight excluding hydrogens is 556 g/mol. The molecule has 3 aliphatic rings. The SMILES string of the molecule is O=C1CCC(N2Cc3cc(NC(=O)CC4CCN(c5ccc(-c6cccc7ccccc67)nn5)CC4)ccc3C2=O)C(=O)N1. The second kappa shape index (κ2) is 11.5. The van der Waals surface area contributed by atoms with Gasteiger partial charge in [0.05, 0.1) is 5.69 Å². The third-order valence-corrected chi connectivity index (χ3v) is 8.94. The fourth-order valence-corrected chi connectivity index (χ4v) is 6.58. The summed E-state index contributed by atoms with van der Waals surface area (Å²) in [4.78, 5) is 53.4. The lowest BCUT2D eigenvalue weighted by atomic mass is 9.93. The molecule has 4 amide bonds. The zero-order chi connectivity index (χ0) is 30.2. The van der Waals surface area contributed by atoms with E-state index in [1.807, 2.05) is 30.3 Å². The number of anilines is 2. The zero-order valence-corrected chi connectivity index (χ0v) is 24.2. The number of benzene rings is 3. The van der Waals surface area contributed by atoms with Crippen LogP contribution in [0.4, 0.5) is 11.5 Å². The minimum Gasteiger partial charge on any atom is -0.355 e. The summed E-state index contributed by atoms with van der Waals surface area (Å²) in [5.41, 5.74) is 3.82. The first-order chi connectivity index (χ1) is 21.4. The van der Waals surface area contributed by atoms with Gasteiger partial charge >= 0.3 is 0 Å². The minimum atomic E-state index is -0.662. The quantitative estimate of drug-likeness (QED) is 0.322. The molecule has 10 heteroatoms. The summed E-state index contributed by atoms with van der Waals surface area (Å²) >= 11 is 0. The van der Waals surface area contributed by atoms with E-state index in [9.17, 15) is 19.2 Å². The van der Waals surface area contributed by atoms with E-state index < -0.39 is 11.9 Å². The maximum absolute atomic E-state index is 12.9. The van der Waals surface area contributed by atoms with Crippen LogP contribution in [0.1, 0.15) is 48.0 Å². The Balaban J connectivity index is 0.923. The lowest BCUT2D eigenvalue weighted by Gasteiger charge is -2.32. The molecule has 1 unspecified atom stereocenters. The van der Waals surface area contributed by atoms with Gasteiger partial charge in [0.1, 0.15) is 6.04 Å². The molecule has 0 radical (unpaired) electrons. The van der Waals surface area contributed by atoms with Crippen LogP contribution in [-0.4, -0.2) is 57.9 Å². The molecule has 0 bridgehead atoms. The smallest absolute Gasteiger partial charge is 0.255 e. The first-order valence-corrected chi connectivity index (χ1v) is 15.1. The Morgan fingerprint density at radius 2 is 1.70 bits per heavy atom. The van der Waals surface area contributed by atoms with Crippen LogP contribution in [0.5, 0.6) is 0 Å². The highest BCUT2D eigenvalue weighted by Crippen LogP contribution is 2.31. The maximum Gasteiger partial charge on any atom is 0.255 e. The van der Waals surface area contributed by atoms with E-state index in [4.69, 9.17) is 0 Å². The second-order valence-electron chi connectivity index (χ2n) is 11.8. The minimum absolute atomic E-state index is 0.0611. The Kier molecular flexibility index (Phi) is 7.25. The first kappa shape index (κ1) is 27.7. The van der Waals surface area contributed by atoms with Crippen molar-refractivity contribution in [1.29, 1.82) is 0 Å². The molecule has 1 aromatic heterocycles. The van der Waals surface area contributed by atoms with Crippen LogP contribution in [0.15, 0.2) is 72.8 Å². The monoisotopic (exact) mass is 588 g/mol. The van der Waals surface area contributed by atoms with E-state index in [1.165, 1.54) is 10.3 Å². The average Bonchev–Trinajstić information content (AvgIpc) is 3.36. The Morgan fingerprint density at radius 3 is 2.50 bits per heavy atom. The van der Waals surface area contributed by atoms with Crippen LogP contribution in [0.2, 0.25) is 0 Å². The Labute approximate surface area is 254 Å². The molecule has 4 aromatic rings. The third kappa shape index (κ3) is 5.39. The van der Waals surface area contributed by atoms with Crippen LogP contribution < -0.4 is 15.5 Å². The summed E-state index contributed by atoms with van der Waals surface area (Å²) in [5.74, 6) is 0.0586. The normalized spacial score (nSPS) is 18.8. The van der Waals surface area contributed by atoms with Crippen molar-refractivity contribution in [2.24, 2.45) is 5.92 Å². The van der Waals surface area contributed by atoms with Gasteiger partial charge in [-0.3, -0.25) is 24.5 Å². The van der Waals surface area contributed by atoms with Crippen molar-refractivity contribution in [3.05, 3.63) is 83.9 Å². The van der Waals surface area contributed by atoms with Crippen molar-refractivity contribution in [2.45, 2.75) is 44.7 Å². The highest BCUT2D eigenvalue weighted by atomic mass is 16.2. The van der Waals surface area contributed by atoms with Gasteiger partial charge in [0.2, 0.25) is 17.7 Å². The lowest BCUT2D eigenvalue weighted by molar-refractivity contribution is -0.137. The number of nitrogens with zero attached hydrogens (tertiary/aromatic N) is 4. The number of carbonyl (C=O) groups is 4. The zero-order valence-electron chi connectivity index (χ0n) is 24.2. The molecule has 1 atom stereocenters. The number of carbonyl (C=O) groups excluding carboxylic acids is 4. The molecule has 2 saturated heterocycles. The highest BCUT2D eigenvalue weighted by molar-refractivity contribution is 6.05. The van der Waals surface area contributed by atoms with Crippen molar-refractivity contribution in [3.8, 4) is 11.3 Å². The molecule has 3 aromatic carbocycles. The van der Waals surface area contributed by atoms with Gasteiger partial charge in [-0.05, 0) is 71.8 Å². The van der Waals surface area contributed by atoms with Gasteiger partial charge in [0.15, 0.2) is 5.82 Å². The van der Waals surface area contributed by atoms with E-state index in [0.29, 0.717) is 24.1 Å². The predicted octanol–water partition coefficient (Wildman–Crippen LogP) is 4.30. The molecule has 0 spiro atoms. The molecule has 4 heterocycles. The molecular formula is C34H32N6O4. The van der Waals surface area contributed by atoms with Crippen LogP contribution in [0, 0.1) is 5.92 Å². The Hall–Kier alpha value is -5.12. The van der Waals surface area contributed by atoms with E-state index >= 15 is 0 Å². The van der Waals surface area contributed by atoms with Crippen LogP contribution >= 0.6 is 0 Å². The summed E-state index contributed by atoms with van der Waals surface area (Å²) in [7, 11) is 0. The maximum atomic E-state index is 12.9.